The van der Waals surface area contributed by atoms with Gasteiger partial charge in [-0.05, 0) is 32.7 Å². The average molecular weight is 289 g/mol. The Morgan fingerprint density at radius 3 is 1.95 bits per heavy atom. The first-order valence-electron chi connectivity index (χ1n) is 6.61. The van der Waals surface area contributed by atoms with Crippen molar-refractivity contribution < 1.29 is 22.7 Å². The zero-order chi connectivity index (χ0) is 14.7. The summed E-state index contributed by atoms with van der Waals surface area (Å²) in [6.07, 6.45) is 1.78. The molecular formula is C14H15F4NO. The van der Waals surface area contributed by atoms with Crippen molar-refractivity contribution in [1.82, 2.24) is 4.90 Å². The van der Waals surface area contributed by atoms with Crippen LogP contribution in [-0.4, -0.2) is 29.1 Å². The molecule has 2 nitrogen and oxygen atoms in total. The predicted molar refractivity (Wildman–Crippen MR) is 64.0 cm³/mol. The van der Waals surface area contributed by atoms with Gasteiger partial charge in [-0.3, -0.25) is 0 Å². The van der Waals surface area contributed by atoms with E-state index in [2.05, 4.69) is 4.90 Å². The van der Waals surface area contributed by atoms with Crippen LogP contribution in [0.25, 0.3) is 0 Å². The van der Waals surface area contributed by atoms with Gasteiger partial charge in [-0.25, -0.2) is 17.6 Å². The lowest BCUT2D eigenvalue weighted by Gasteiger charge is -2.42. The Morgan fingerprint density at radius 1 is 1.05 bits per heavy atom. The van der Waals surface area contributed by atoms with Crippen molar-refractivity contribution in [2.75, 3.05) is 7.05 Å². The third-order valence-corrected chi connectivity index (χ3v) is 4.71. The smallest absolute Gasteiger partial charge is 0.168 e. The molecule has 1 aromatic rings. The van der Waals surface area contributed by atoms with E-state index in [1.807, 2.05) is 7.05 Å². The van der Waals surface area contributed by atoms with Crippen molar-refractivity contribution in [1.29, 1.82) is 0 Å². The quantitative estimate of drug-likeness (QED) is 0.634. The molecule has 110 valence electrons. The van der Waals surface area contributed by atoms with Crippen molar-refractivity contribution >= 4 is 0 Å². The summed E-state index contributed by atoms with van der Waals surface area (Å²) >= 11 is 0. The van der Waals surface area contributed by atoms with Crippen LogP contribution in [0, 0.1) is 23.3 Å². The minimum atomic E-state index is -1.85. The first kappa shape index (κ1) is 13.8. The van der Waals surface area contributed by atoms with Crippen LogP contribution >= 0.6 is 0 Å². The fourth-order valence-electron chi connectivity index (χ4n) is 3.63. The molecule has 1 aromatic carbocycles. The van der Waals surface area contributed by atoms with Gasteiger partial charge < -0.3 is 10.0 Å². The number of hydrogen-bond acceptors (Lipinski definition) is 2. The van der Waals surface area contributed by atoms with Gasteiger partial charge in [0, 0.05) is 18.2 Å². The summed E-state index contributed by atoms with van der Waals surface area (Å²) in [7, 11) is 1.89. The van der Waals surface area contributed by atoms with Gasteiger partial charge in [0.25, 0.3) is 0 Å². The Kier molecular flexibility index (Phi) is 3.06. The molecule has 1 N–H and O–H groups in total. The fraction of sp³-hybridized carbons (Fsp3) is 0.571. The van der Waals surface area contributed by atoms with E-state index in [-0.39, 0.29) is 31.0 Å². The summed E-state index contributed by atoms with van der Waals surface area (Å²) in [6, 6.07) is 0.119. The fourth-order valence-corrected chi connectivity index (χ4v) is 3.63. The predicted octanol–water partition coefficient (Wildman–Crippen LogP) is 2.69. The highest BCUT2D eigenvalue weighted by atomic mass is 19.2. The molecule has 2 fully saturated rings. The maximum Gasteiger partial charge on any atom is 0.168 e. The van der Waals surface area contributed by atoms with Crippen LogP contribution in [0.4, 0.5) is 17.6 Å². The standard InChI is InChI=1S/C14H15F4NO/c1-19-7-2-3-8(19)6-14(20,5-7)11-12(17)9(15)4-10(16)13(11)18/h4,7-8,20H,2-3,5-6H2,1H3. The average Bonchev–Trinajstić information content (AvgIpc) is 2.61. The lowest BCUT2D eigenvalue weighted by atomic mass is 9.80. The number of benzene rings is 1. The molecule has 0 radical (unpaired) electrons. The molecule has 2 saturated heterocycles. The summed E-state index contributed by atoms with van der Waals surface area (Å²) in [5.74, 6) is -5.93. The molecule has 0 amide bonds. The number of piperidine rings is 1. The second-order valence-electron chi connectivity index (χ2n) is 5.83. The van der Waals surface area contributed by atoms with Crippen molar-refractivity contribution in [3.8, 4) is 0 Å². The van der Waals surface area contributed by atoms with Gasteiger partial charge in [-0.1, -0.05) is 0 Å². The molecule has 2 unspecified atom stereocenters. The second-order valence-corrected chi connectivity index (χ2v) is 5.83. The van der Waals surface area contributed by atoms with Gasteiger partial charge in [-0.2, -0.15) is 0 Å². The first-order valence-corrected chi connectivity index (χ1v) is 6.61. The van der Waals surface area contributed by atoms with E-state index in [1.54, 1.807) is 0 Å². The molecule has 0 aromatic heterocycles. The molecule has 2 atom stereocenters. The molecule has 6 heteroatoms. The van der Waals surface area contributed by atoms with E-state index < -0.39 is 34.4 Å². The molecular weight excluding hydrogens is 274 g/mol. The number of hydrogen-bond donors (Lipinski definition) is 1. The van der Waals surface area contributed by atoms with Crippen LogP contribution in [0.15, 0.2) is 6.07 Å². The van der Waals surface area contributed by atoms with E-state index in [4.69, 9.17) is 0 Å². The zero-order valence-electron chi connectivity index (χ0n) is 11.0. The molecule has 2 aliphatic rings. The van der Waals surface area contributed by atoms with E-state index >= 15 is 0 Å². The number of aliphatic hydroxyl groups is 1. The number of nitrogens with zero attached hydrogens (tertiary/aromatic N) is 1. The highest BCUT2D eigenvalue weighted by Crippen LogP contribution is 2.46. The topological polar surface area (TPSA) is 23.5 Å². The van der Waals surface area contributed by atoms with Gasteiger partial charge in [0.05, 0.1) is 11.2 Å². The van der Waals surface area contributed by atoms with Gasteiger partial charge in [0.2, 0.25) is 0 Å². The largest absolute Gasteiger partial charge is 0.385 e. The van der Waals surface area contributed by atoms with Crippen LogP contribution in [0.3, 0.4) is 0 Å². The van der Waals surface area contributed by atoms with E-state index in [0.29, 0.717) is 0 Å². The third-order valence-electron chi connectivity index (χ3n) is 4.71. The molecule has 2 heterocycles. The summed E-state index contributed by atoms with van der Waals surface area (Å²) in [5.41, 5.74) is -2.71. The maximum absolute atomic E-state index is 13.9. The molecule has 2 aliphatic heterocycles. The Bertz CT molecular complexity index is 522. The molecule has 20 heavy (non-hydrogen) atoms. The van der Waals surface area contributed by atoms with Gasteiger partial charge in [0.1, 0.15) is 0 Å². The van der Waals surface area contributed by atoms with Gasteiger partial charge in [0.15, 0.2) is 23.3 Å². The van der Waals surface area contributed by atoms with Crippen LogP contribution in [-0.2, 0) is 5.60 Å². The van der Waals surface area contributed by atoms with Crippen molar-refractivity contribution in [3.05, 3.63) is 34.9 Å². The maximum atomic E-state index is 13.9. The lowest BCUT2D eigenvalue weighted by Crippen LogP contribution is -2.48. The summed E-state index contributed by atoms with van der Waals surface area (Å²) in [4.78, 5) is 2.06. The number of rotatable bonds is 1. The van der Waals surface area contributed by atoms with Crippen molar-refractivity contribution in [2.45, 2.75) is 43.4 Å². The minimum absolute atomic E-state index is 0.0242. The van der Waals surface area contributed by atoms with Gasteiger partial charge in [-0.15, -0.1) is 0 Å². The molecule has 0 spiro atoms. The molecule has 0 saturated carbocycles. The van der Waals surface area contributed by atoms with Crippen LogP contribution in [0.5, 0.6) is 0 Å². The van der Waals surface area contributed by atoms with Crippen molar-refractivity contribution in [3.63, 3.8) is 0 Å². The Hall–Kier alpha value is -1.14. The summed E-state index contributed by atoms with van der Waals surface area (Å²) in [5, 5.41) is 10.6. The van der Waals surface area contributed by atoms with Crippen LogP contribution in [0.2, 0.25) is 0 Å². The summed E-state index contributed by atoms with van der Waals surface area (Å²) in [6.45, 7) is 0. The highest BCUT2D eigenvalue weighted by Gasteiger charge is 2.49. The lowest BCUT2D eigenvalue weighted by molar-refractivity contribution is -0.0547. The third kappa shape index (κ3) is 1.85. The van der Waals surface area contributed by atoms with Crippen LogP contribution < -0.4 is 0 Å². The van der Waals surface area contributed by atoms with Crippen molar-refractivity contribution in [2.24, 2.45) is 0 Å². The van der Waals surface area contributed by atoms with E-state index in [1.165, 1.54) is 0 Å². The SMILES string of the molecule is CN1C2CCC1CC(O)(c1c(F)c(F)cc(F)c1F)C2. The zero-order valence-corrected chi connectivity index (χ0v) is 11.0. The Labute approximate surface area is 114 Å². The molecule has 3 rings (SSSR count). The minimum Gasteiger partial charge on any atom is -0.385 e. The first-order chi connectivity index (χ1) is 9.33. The Morgan fingerprint density at radius 2 is 1.50 bits per heavy atom. The number of fused-ring (bicyclic) bond motifs is 2. The Balaban J connectivity index is 2.09. The molecule has 0 aliphatic carbocycles. The van der Waals surface area contributed by atoms with Crippen LogP contribution in [0.1, 0.15) is 31.2 Å². The molecule has 2 bridgehead atoms. The second kappa shape index (κ2) is 4.43. The normalized spacial score (nSPS) is 33.7. The summed E-state index contributed by atoms with van der Waals surface area (Å²) < 4.78 is 54.4. The highest BCUT2D eigenvalue weighted by molar-refractivity contribution is 5.30. The van der Waals surface area contributed by atoms with E-state index in [9.17, 15) is 22.7 Å². The number of halogens is 4. The van der Waals surface area contributed by atoms with Gasteiger partial charge >= 0.3 is 0 Å². The van der Waals surface area contributed by atoms with E-state index in [0.717, 1.165) is 12.8 Å². The monoisotopic (exact) mass is 289 g/mol.